The van der Waals surface area contributed by atoms with Crippen LogP contribution in [0.5, 0.6) is 0 Å². The van der Waals surface area contributed by atoms with E-state index in [1.165, 1.54) is 27.7 Å². The normalized spacial score (nSPS) is 15.4. The van der Waals surface area contributed by atoms with Crippen molar-refractivity contribution in [3.8, 4) is 0 Å². The van der Waals surface area contributed by atoms with Crippen molar-refractivity contribution in [3.05, 3.63) is 42.0 Å². The van der Waals surface area contributed by atoms with Gasteiger partial charge in [0.15, 0.2) is 5.71 Å². The van der Waals surface area contributed by atoms with Crippen molar-refractivity contribution in [2.45, 2.75) is 58.8 Å². The second-order valence-electron chi connectivity index (χ2n) is 7.66. The first-order valence-corrected chi connectivity index (χ1v) is 9.76. The van der Waals surface area contributed by atoms with Crippen LogP contribution in [-0.2, 0) is 14.9 Å². The summed E-state index contributed by atoms with van der Waals surface area (Å²) >= 11 is 0. The summed E-state index contributed by atoms with van der Waals surface area (Å²) in [6, 6.07) is 13.2. The van der Waals surface area contributed by atoms with Gasteiger partial charge in [-0.2, -0.15) is 4.58 Å². The molecule has 0 unspecified atom stereocenters. The van der Waals surface area contributed by atoms with E-state index in [1.54, 1.807) is 0 Å². The van der Waals surface area contributed by atoms with Crippen molar-refractivity contribution in [2.75, 3.05) is 13.2 Å². The molecular weight excluding hydrogens is 322 g/mol. The fourth-order valence-corrected chi connectivity index (χ4v) is 4.08. The quantitative estimate of drug-likeness (QED) is 0.381. The van der Waals surface area contributed by atoms with Crippen LogP contribution in [-0.4, -0.2) is 29.4 Å². The van der Waals surface area contributed by atoms with E-state index in [0.717, 1.165) is 25.8 Å². The highest BCUT2D eigenvalue weighted by Gasteiger charge is 2.43. The van der Waals surface area contributed by atoms with E-state index in [4.69, 9.17) is 4.74 Å². The molecule has 0 bridgehead atoms. The topological polar surface area (TPSA) is 29.3 Å². The Morgan fingerprint density at radius 2 is 1.85 bits per heavy atom. The minimum absolute atomic E-state index is 0.0428. The number of benzene rings is 2. The zero-order chi connectivity index (χ0) is 18.7. The third-order valence-electron chi connectivity index (χ3n) is 5.70. The van der Waals surface area contributed by atoms with E-state index >= 15 is 0 Å². The lowest BCUT2D eigenvalue weighted by molar-refractivity contribution is -0.439. The molecule has 3 heteroatoms. The standard InChI is InChI=1S/C23H30NO2/c1-5-26-21(25)13-7-6-10-16-24-17(2)23(3,4)22-19-12-9-8-11-18(19)14-15-20(22)24/h8-9,11-12,14-15H,5-7,10,13,16H2,1-4H3/q+1. The lowest BCUT2D eigenvalue weighted by atomic mass is 9.80. The highest BCUT2D eigenvalue weighted by molar-refractivity contribution is 6.01. The maximum Gasteiger partial charge on any atom is 0.305 e. The summed E-state index contributed by atoms with van der Waals surface area (Å²) in [5.41, 5.74) is 4.24. The Labute approximate surface area is 156 Å². The van der Waals surface area contributed by atoms with Gasteiger partial charge in [-0.1, -0.05) is 24.3 Å². The van der Waals surface area contributed by atoms with Crippen LogP contribution in [0.25, 0.3) is 10.8 Å². The van der Waals surface area contributed by atoms with Gasteiger partial charge in [-0.15, -0.1) is 0 Å². The van der Waals surface area contributed by atoms with Crippen LogP contribution in [0.4, 0.5) is 5.69 Å². The summed E-state index contributed by atoms with van der Waals surface area (Å²) in [5.74, 6) is -0.0747. The molecule has 0 N–H and O–H groups in total. The molecule has 0 spiro atoms. The molecule has 1 heterocycles. The maximum absolute atomic E-state index is 11.5. The second-order valence-corrected chi connectivity index (χ2v) is 7.66. The predicted molar refractivity (Wildman–Crippen MR) is 108 cm³/mol. The minimum Gasteiger partial charge on any atom is -0.466 e. The van der Waals surface area contributed by atoms with Crippen LogP contribution in [0.2, 0.25) is 0 Å². The van der Waals surface area contributed by atoms with E-state index in [2.05, 4.69) is 61.7 Å². The Morgan fingerprint density at radius 1 is 1.08 bits per heavy atom. The molecule has 0 fully saturated rings. The van der Waals surface area contributed by atoms with Crippen molar-refractivity contribution in [3.63, 3.8) is 0 Å². The number of carbonyl (C=O) groups excluding carboxylic acids is 1. The van der Waals surface area contributed by atoms with Gasteiger partial charge < -0.3 is 4.74 Å². The van der Waals surface area contributed by atoms with Crippen LogP contribution < -0.4 is 0 Å². The van der Waals surface area contributed by atoms with Crippen molar-refractivity contribution in [1.82, 2.24) is 0 Å². The Bertz CT molecular complexity index is 848. The summed E-state index contributed by atoms with van der Waals surface area (Å²) in [7, 11) is 0. The van der Waals surface area contributed by atoms with Crippen LogP contribution in [0.15, 0.2) is 36.4 Å². The fraction of sp³-hybridized carbons (Fsp3) is 0.478. The Kier molecular flexibility index (Phi) is 5.45. The number of hydrogen-bond acceptors (Lipinski definition) is 2. The van der Waals surface area contributed by atoms with E-state index in [-0.39, 0.29) is 11.4 Å². The summed E-state index contributed by atoms with van der Waals surface area (Å²) in [6.07, 6.45) is 3.56. The SMILES string of the molecule is CCOC(=O)CCCCC[N+]1=C(C)C(C)(C)c2c1ccc1ccccc21. The Balaban J connectivity index is 1.74. The van der Waals surface area contributed by atoms with Crippen LogP contribution in [0.1, 0.15) is 58.9 Å². The first-order chi connectivity index (χ1) is 12.5. The first-order valence-electron chi connectivity index (χ1n) is 9.76. The number of esters is 1. The summed E-state index contributed by atoms with van der Waals surface area (Å²) in [5, 5.41) is 2.67. The van der Waals surface area contributed by atoms with E-state index in [0.29, 0.717) is 13.0 Å². The lowest BCUT2D eigenvalue weighted by Crippen LogP contribution is -2.26. The average molecular weight is 352 g/mol. The largest absolute Gasteiger partial charge is 0.466 e. The highest BCUT2D eigenvalue weighted by Crippen LogP contribution is 2.43. The molecule has 0 saturated heterocycles. The molecule has 2 aromatic rings. The number of nitrogens with zero attached hydrogens (tertiary/aromatic N) is 1. The molecule has 2 aromatic carbocycles. The van der Waals surface area contributed by atoms with Crippen LogP contribution in [0, 0.1) is 0 Å². The van der Waals surface area contributed by atoms with Crippen molar-refractivity contribution in [2.24, 2.45) is 0 Å². The zero-order valence-electron chi connectivity index (χ0n) is 16.5. The van der Waals surface area contributed by atoms with Gasteiger partial charge in [0.25, 0.3) is 0 Å². The molecule has 0 atom stereocenters. The summed E-state index contributed by atoms with van der Waals surface area (Å²) in [4.78, 5) is 11.5. The molecular formula is C23H30NO2+. The van der Waals surface area contributed by atoms with Crippen molar-refractivity contribution < 1.29 is 14.1 Å². The predicted octanol–water partition coefficient (Wildman–Crippen LogP) is 5.36. The number of fused-ring (bicyclic) bond motifs is 3. The Hall–Kier alpha value is -2.16. The van der Waals surface area contributed by atoms with Crippen LogP contribution >= 0.6 is 0 Å². The molecule has 0 amide bonds. The van der Waals surface area contributed by atoms with Gasteiger partial charge in [0.1, 0.15) is 6.54 Å². The zero-order valence-corrected chi connectivity index (χ0v) is 16.5. The molecule has 26 heavy (non-hydrogen) atoms. The fourth-order valence-electron chi connectivity index (χ4n) is 4.08. The maximum atomic E-state index is 11.5. The monoisotopic (exact) mass is 352 g/mol. The van der Waals surface area contributed by atoms with Gasteiger partial charge in [0.05, 0.1) is 12.0 Å². The van der Waals surface area contributed by atoms with E-state index in [1.807, 2.05) is 6.92 Å². The number of ether oxygens (including phenoxy) is 1. The molecule has 0 aliphatic carbocycles. The van der Waals surface area contributed by atoms with Gasteiger partial charge in [-0.05, 0) is 50.5 Å². The Morgan fingerprint density at radius 3 is 2.62 bits per heavy atom. The summed E-state index contributed by atoms with van der Waals surface area (Å²) in [6.45, 7) is 10.2. The van der Waals surface area contributed by atoms with Gasteiger partial charge >= 0.3 is 5.97 Å². The smallest absolute Gasteiger partial charge is 0.305 e. The third-order valence-corrected chi connectivity index (χ3v) is 5.70. The first kappa shape index (κ1) is 18.6. The number of hydrogen-bond donors (Lipinski definition) is 0. The van der Waals surface area contributed by atoms with E-state index in [9.17, 15) is 4.79 Å². The van der Waals surface area contributed by atoms with Crippen molar-refractivity contribution in [1.29, 1.82) is 0 Å². The van der Waals surface area contributed by atoms with Gasteiger partial charge in [-0.3, -0.25) is 4.79 Å². The molecule has 3 rings (SSSR count). The van der Waals surface area contributed by atoms with Crippen LogP contribution in [0.3, 0.4) is 0 Å². The molecule has 138 valence electrons. The number of rotatable bonds is 7. The molecule has 1 aliphatic rings. The van der Waals surface area contributed by atoms with Gasteiger partial charge in [0.2, 0.25) is 5.69 Å². The average Bonchev–Trinajstić information content (AvgIpc) is 2.82. The molecule has 0 radical (unpaired) electrons. The lowest BCUT2D eigenvalue weighted by Gasteiger charge is -2.17. The highest BCUT2D eigenvalue weighted by atomic mass is 16.5. The summed E-state index contributed by atoms with van der Waals surface area (Å²) < 4.78 is 7.48. The second kappa shape index (κ2) is 7.61. The molecule has 3 nitrogen and oxygen atoms in total. The van der Waals surface area contributed by atoms with Crippen molar-refractivity contribution >= 4 is 28.1 Å². The number of carbonyl (C=O) groups is 1. The van der Waals surface area contributed by atoms with Gasteiger partial charge in [-0.25, -0.2) is 0 Å². The van der Waals surface area contributed by atoms with Gasteiger partial charge in [0, 0.05) is 31.4 Å². The van der Waals surface area contributed by atoms with E-state index < -0.39 is 0 Å². The molecule has 0 aromatic heterocycles. The molecule has 1 aliphatic heterocycles. The minimum atomic E-state index is -0.0747. The number of unbranched alkanes of at least 4 members (excludes halogenated alkanes) is 2. The molecule has 0 saturated carbocycles. The third kappa shape index (κ3) is 3.40.